The number of carboxylic acids is 1. The van der Waals surface area contributed by atoms with Crippen molar-refractivity contribution < 1.29 is 19.5 Å². The van der Waals surface area contributed by atoms with Gasteiger partial charge in [-0.15, -0.1) is 12.4 Å². The van der Waals surface area contributed by atoms with Crippen LogP contribution >= 0.6 is 12.4 Å². The zero-order valence-corrected chi connectivity index (χ0v) is 19.3. The van der Waals surface area contributed by atoms with E-state index in [1.54, 1.807) is 13.0 Å². The Balaban J connectivity index is 0.00000324. The lowest BCUT2D eigenvalue weighted by Crippen LogP contribution is -2.44. The first-order valence-electron chi connectivity index (χ1n) is 10.6. The minimum atomic E-state index is -1.03. The number of rotatable bonds is 8. The number of fused-ring (bicyclic) bond motifs is 2. The average molecular weight is 484 g/mol. The van der Waals surface area contributed by atoms with Crippen LogP contribution in [-0.2, 0) is 11.2 Å². The normalized spacial score (nSPS) is 11.7. The Bertz CT molecular complexity index is 1360. The van der Waals surface area contributed by atoms with E-state index in [0.29, 0.717) is 28.6 Å². The van der Waals surface area contributed by atoms with Crippen molar-refractivity contribution in [2.45, 2.75) is 19.4 Å². The van der Waals surface area contributed by atoms with E-state index in [1.807, 2.05) is 30.5 Å². The van der Waals surface area contributed by atoms with Crippen LogP contribution in [-0.4, -0.2) is 52.0 Å². The molecular formula is C24H26ClN5O4. The van der Waals surface area contributed by atoms with Crippen molar-refractivity contribution in [1.82, 2.24) is 20.6 Å². The molecule has 34 heavy (non-hydrogen) atoms. The molecule has 4 aromatic rings. The van der Waals surface area contributed by atoms with Crippen molar-refractivity contribution in [2.75, 3.05) is 13.1 Å². The van der Waals surface area contributed by atoms with Gasteiger partial charge in [0.1, 0.15) is 5.69 Å². The van der Waals surface area contributed by atoms with Crippen molar-refractivity contribution >= 4 is 52.0 Å². The van der Waals surface area contributed by atoms with Gasteiger partial charge >= 0.3 is 5.97 Å². The number of carbonyl (C=O) groups is 3. The number of aromatic carboxylic acids is 1. The Kier molecular flexibility index (Phi) is 7.60. The maximum absolute atomic E-state index is 12.6. The second kappa shape index (κ2) is 10.4. The number of nitrogens with one attached hydrogen (secondary N) is 4. The van der Waals surface area contributed by atoms with Crippen LogP contribution in [0.4, 0.5) is 0 Å². The van der Waals surface area contributed by atoms with E-state index in [2.05, 4.69) is 20.6 Å². The molecule has 4 rings (SSSR count). The van der Waals surface area contributed by atoms with E-state index in [-0.39, 0.29) is 42.9 Å². The number of aromatic nitrogens is 2. The standard InChI is InChI=1S/C24H25N5O4.ClH/c1-13-17-10-14(24(32)33)6-7-20(17)29-21(13)23(31)27-9-8-26-22(30)18(25)11-15-12-28-19-5-3-2-4-16(15)19;/h2-7,10,12,18,28-29H,8-9,11,25H2,1H3,(H,26,30)(H,27,31)(H,32,33);1H/t18-;/m0./s1. The van der Waals surface area contributed by atoms with Crippen molar-refractivity contribution in [1.29, 1.82) is 0 Å². The fourth-order valence-corrected chi connectivity index (χ4v) is 3.90. The van der Waals surface area contributed by atoms with Crippen LogP contribution < -0.4 is 16.4 Å². The molecule has 0 fully saturated rings. The summed E-state index contributed by atoms with van der Waals surface area (Å²) in [6.07, 6.45) is 2.26. The maximum Gasteiger partial charge on any atom is 0.335 e. The fraction of sp³-hybridized carbons (Fsp3) is 0.208. The molecule has 9 nitrogen and oxygen atoms in total. The second-order valence-electron chi connectivity index (χ2n) is 7.91. The van der Waals surface area contributed by atoms with Gasteiger partial charge in [-0.05, 0) is 48.7 Å². The van der Waals surface area contributed by atoms with Crippen LogP contribution in [0.1, 0.15) is 32.0 Å². The minimum Gasteiger partial charge on any atom is -0.478 e. The Morgan fingerprint density at radius 1 is 1.03 bits per heavy atom. The molecule has 2 aromatic carbocycles. The molecule has 0 spiro atoms. The first kappa shape index (κ1) is 24.8. The molecule has 178 valence electrons. The largest absolute Gasteiger partial charge is 0.478 e. The van der Waals surface area contributed by atoms with E-state index in [1.165, 1.54) is 12.1 Å². The number of aryl methyl sites for hydroxylation is 1. The second-order valence-corrected chi connectivity index (χ2v) is 7.91. The Morgan fingerprint density at radius 3 is 2.53 bits per heavy atom. The Labute approximate surface area is 201 Å². The van der Waals surface area contributed by atoms with E-state index in [4.69, 9.17) is 10.8 Å². The molecule has 10 heteroatoms. The summed E-state index contributed by atoms with van der Waals surface area (Å²) in [5.74, 6) is -1.66. The highest BCUT2D eigenvalue weighted by molar-refractivity contribution is 6.02. The molecule has 0 aliphatic heterocycles. The van der Waals surface area contributed by atoms with Crippen LogP contribution in [0.25, 0.3) is 21.8 Å². The highest BCUT2D eigenvalue weighted by atomic mass is 35.5. The van der Waals surface area contributed by atoms with Gasteiger partial charge in [-0.2, -0.15) is 0 Å². The smallest absolute Gasteiger partial charge is 0.335 e. The molecule has 1 atom stereocenters. The third-order valence-electron chi connectivity index (χ3n) is 5.69. The lowest BCUT2D eigenvalue weighted by atomic mass is 10.1. The van der Waals surface area contributed by atoms with E-state index >= 15 is 0 Å². The van der Waals surface area contributed by atoms with Gasteiger partial charge in [0.2, 0.25) is 5.91 Å². The number of H-pyrrole nitrogens is 2. The molecule has 0 aliphatic carbocycles. The van der Waals surface area contributed by atoms with Crippen LogP contribution in [0.5, 0.6) is 0 Å². The molecule has 0 aliphatic rings. The number of aromatic amines is 2. The number of carbonyl (C=O) groups excluding carboxylic acids is 2. The molecule has 2 amide bonds. The molecule has 0 saturated heterocycles. The van der Waals surface area contributed by atoms with Gasteiger partial charge in [0.05, 0.1) is 11.6 Å². The summed E-state index contributed by atoms with van der Waals surface area (Å²) < 4.78 is 0. The molecule has 0 radical (unpaired) electrons. The number of carboxylic acid groups (broad SMARTS) is 1. The summed E-state index contributed by atoms with van der Waals surface area (Å²) in [6, 6.07) is 11.8. The average Bonchev–Trinajstić information content (AvgIpc) is 3.37. The quantitative estimate of drug-likeness (QED) is 0.212. The van der Waals surface area contributed by atoms with E-state index in [0.717, 1.165) is 16.5 Å². The van der Waals surface area contributed by atoms with Crippen LogP contribution in [0.15, 0.2) is 48.7 Å². The first-order chi connectivity index (χ1) is 15.8. The Hall–Kier alpha value is -3.82. The highest BCUT2D eigenvalue weighted by Gasteiger charge is 2.18. The summed E-state index contributed by atoms with van der Waals surface area (Å²) in [5.41, 5.74) is 9.89. The van der Waals surface area contributed by atoms with Gasteiger partial charge in [0, 0.05) is 41.1 Å². The summed E-state index contributed by atoms with van der Waals surface area (Å²) in [4.78, 5) is 42.3. The third kappa shape index (κ3) is 5.05. The predicted octanol–water partition coefficient (Wildman–Crippen LogP) is 2.49. The number of halogens is 1. The van der Waals surface area contributed by atoms with Gasteiger partial charge in [0.25, 0.3) is 5.91 Å². The van der Waals surface area contributed by atoms with E-state index in [9.17, 15) is 14.4 Å². The third-order valence-corrected chi connectivity index (χ3v) is 5.69. The lowest BCUT2D eigenvalue weighted by molar-refractivity contribution is -0.122. The van der Waals surface area contributed by atoms with Crippen LogP contribution in [0, 0.1) is 6.92 Å². The molecule has 7 N–H and O–H groups in total. The number of amides is 2. The maximum atomic E-state index is 12.6. The summed E-state index contributed by atoms with van der Waals surface area (Å²) in [5, 5.41) is 16.4. The minimum absolute atomic E-state index is 0. The topological polar surface area (TPSA) is 153 Å². The summed E-state index contributed by atoms with van der Waals surface area (Å²) in [6.45, 7) is 2.21. The van der Waals surface area contributed by atoms with Crippen molar-refractivity contribution in [2.24, 2.45) is 5.73 Å². The van der Waals surface area contributed by atoms with Crippen molar-refractivity contribution in [3.8, 4) is 0 Å². The van der Waals surface area contributed by atoms with Gasteiger partial charge in [-0.3, -0.25) is 9.59 Å². The molecule has 2 aromatic heterocycles. The van der Waals surface area contributed by atoms with Gasteiger partial charge in [0.15, 0.2) is 0 Å². The Morgan fingerprint density at radius 2 is 1.76 bits per heavy atom. The summed E-state index contributed by atoms with van der Waals surface area (Å²) >= 11 is 0. The number of nitrogens with two attached hydrogens (primary N) is 1. The number of para-hydroxylation sites is 1. The fourth-order valence-electron chi connectivity index (χ4n) is 3.90. The van der Waals surface area contributed by atoms with Crippen LogP contribution in [0.2, 0.25) is 0 Å². The van der Waals surface area contributed by atoms with Gasteiger partial charge in [-0.1, -0.05) is 18.2 Å². The lowest BCUT2D eigenvalue weighted by Gasteiger charge is -2.12. The molecule has 0 bridgehead atoms. The zero-order chi connectivity index (χ0) is 23.5. The number of benzene rings is 2. The molecular weight excluding hydrogens is 458 g/mol. The van der Waals surface area contributed by atoms with Gasteiger partial charge in [-0.25, -0.2) is 4.79 Å². The first-order valence-corrected chi connectivity index (χ1v) is 10.6. The molecule has 0 unspecified atom stereocenters. The monoisotopic (exact) mass is 483 g/mol. The number of hydrogen-bond donors (Lipinski definition) is 6. The molecule has 0 saturated carbocycles. The predicted molar refractivity (Wildman–Crippen MR) is 133 cm³/mol. The SMILES string of the molecule is Cc1c(C(=O)NCCNC(=O)[C@@H](N)Cc2c[nH]c3ccccc23)[nH]c2ccc(C(=O)O)cc12.Cl. The van der Waals surface area contributed by atoms with Crippen molar-refractivity contribution in [3.05, 3.63) is 71.0 Å². The molecule has 2 heterocycles. The highest BCUT2D eigenvalue weighted by Crippen LogP contribution is 2.23. The number of hydrogen-bond acceptors (Lipinski definition) is 4. The zero-order valence-electron chi connectivity index (χ0n) is 18.5. The van der Waals surface area contributed by atoms with Crippen LogP contribution in [0.3, 0.4) is 0 Å². The van der Waals surface area contributed by atoms with Crippen molar-refractivity contribution in [3.63, 3.8) is 0 Å². The summed E-state index contributed by atoms with van der Waals surface area (Å²) in [7, 11) is 0. The van der Waals surface area contributed by atoms with E-state index < -0.39 is 12.0 Å². The van der Waals surface area contributed by atoms with Gasteiger partial charge < -0.3 is 31.4 Å².